The molecule has 0 saturated carbocycles. The Balaban J connectivity index is 1.51. The predicted molar refractivity (Wildman–Crippen MR) is 146 cm³/mol. The van der Waals surface area contributed by atoms with Crippen molar-refractivity contribution in [2.75, 3.05) is 0 Å². The van der Waals surface area contributed by atoms with Gasteiger partial charge in [0.2, 0.25) is 0 Å². The minimum atomic E-state index is -4.06. The zero-order chi connectivity index (χ0) is 27.0. The second kappa shape index (κ2) is 10.2. The van der Waals surface area contributed by atoms with Gasteiger partial charge in [-0.3, -0.25) is 15.0 Å². The van der Waals surface area contributed by atoms with Gasteiger partial charge in [0, 0.05) is 33.2 Å². The Hall–Kier alpha value is -3.66. The molecule has 0 bridgehead atoms. The Labute approximate surface area is 226 Å². The maximum atomic E-state index is 13.8. The number of carbonyl (C=O) groups is 2. The number of halogens is 1. The molecule has 1 aliphatic heterocycles. The van der Waals surface area contributed by atoms with E-state index in [9.17, 15) is 18.0 Å². The molecule has 2 heterocycles. The first kappa shape index (κ1) is 26.0. The molecule has 0 radical (unpaired) electrons. The van der Waals surface area contributed by atoms with Gasteiger partial charge >= 0.3 is 0 Å². The van der Waals surface area contributed by atoms with Crippen molar-refractivity contribution in [2.24, 2.45) is 5.92 Å². The number of hydrazine groups is 1. The number of aromatic nitrogens is 1. The molecule has 1 aliphatic rings. The van der Waals surface area contributed by atoms with Gasteiger partial charge in [-0.25, -0.2) is 8.42 Å². The van der Waals surface area contributed by atoms with E-state index in [0.717, 1.165) is 22.0 Å². The van der Waals surface area contributed by atoms with E-state index >= 15 is 0 Å². The third-order valence-corrected chi connectivity index (χ3v) is 8.20. The van der Waals surface area contributed by atoms with Gasteiger partial charge in [-0.05, 0) is 54.3 Å². The number of amides is 2. The smallest absolute Gasteiger partial charge is 0.257 e. The van der Waals surface area contributed by atoms with Crippen molar-refractivity contribution in [3.63, 3.8) is 0 Å². The van der Waals surface area contributed by atoms with Gasteiger partial charge in [-0.1, -0.05) is 61.8 Å². The number of fused-ring (bicyclic) bond motifs is 2. The Morgan fingerprint density at radius 1 is 1.00 bits per heavy atom. The van der Waals surface area contributed by atoms with Crippen LogP contribution in [0.1, 0.15) is 47.8 Å². The van der Waals surface area contributed by atoms with Crippen molar-refractivity contribution in [1.82, 2.24) is 20.1 Å². The van der Waals surface area contributed by atoms with Gasteiger partial charge in [0.25, 0.3) is 21.8 Å². The molecule has 0 saturated heterocycles. The Bertz CT molecular complexity index is 1620. The highest BCUT2D eigenvalue weighted by Gasteiger charge is 2.45. The standard InChI is InChI=1S/C28H27ClN4O4S/c1-17(2)15-25(27(34)31-32-38(36,37)19-13-11-18(29)12-14-19)33-26(21-8-3-4-9-22(21)28(33)35)23-16-30-24-10-6-5-7-20(23)24/h3-14,16-17,25-26,30,32H,15H2,1-2H3,(H,31,34). The molecule has 2 amide bonds. The lowest BCUT2D eigenvalue weighted by molar-refractivity contribution is -0.127. The van der Waals surface area contributed by atoms with Crippen molar-refractivity contribution in [2.45, 2.75) is 37.2 Å². The highest BCUT2D eigenvalue weighted by molar-refractivity contribution is 7.89. The molecule has 196 valence electrons. The van der Waals surface area contributed by atoms with Crippen molar-refractivity contribution in [3.8, 4) is 0 Å². The van der Waals surface area contributed by atoms with Crippen LogP contribution in [0.15, 0.2) is 83.9 Å². The minimum Gasteiger partial charge on any atom is -0.361 e. The molecule has 10 heteroatoms. The van der Waals surface area contributed by atoms with E-state index in [-0.39, 0.29) is 16.7 Å². The monoisotopic (exact) mass is 550 g/mol. The summed E-state index contributed by atoms with van der Waals surface area (Å²) in [6, 6.07) is 19.2. The molecule has 3 aromatic carbocycles. The summed E-state index contributed by atoms with van der Waals surface area (Å²) in [5.41, 5.74) is 5.45. The molecule has 5 rings (SSSR count). The van der Waals surface area contributed by atoms with Crippen molar-refractivity contribution >= 4 is 44.3 Å². The fourth-order valence-electron chi connectivity index (χ4n) is 4.96. The Morgan fingerprint density at radius 2 is 1.68 bits per heavy atom. The first-order valence-corrected chi connectivity index (χ1v) is 14.1. The lowest BCUT2D eigenvalue weighted by Gasteiger charge is -2.33. The van der Waals surface area contributed by atoms with Crippen LogP contribution in [0.2, 0.25) is 5.02 Å². The second-order valence-corrected chi connectivity index (χ2v) is 11.8. The lowest BCUT2D eigenvalue weighted by Crippen LogP contribution is -2.53. The van der Waals surface area contributed by atoms with Gasteiger partial charge < -0.3 is 9.88 Å². The fourth-order valence-corrected chi connectivity index (χ4v) is 5.94. The molecule has 0 spiro atoms. The quantitative estimate of drug-likeness (QED) is 0.274. The normalized spacial score (nSPS) is 16.2. The predicted octanol–water partition coefficient (Wildman–Crippen LogP) is 4.79. The number of H-pyrrole nitrogens is 1. The average Bonchev–Trinajstić information content (AvgIpc) is 3.45. The number of nitrogens with zero attached hydrogens (tertiary/aromatic N) is 1. The fraction of sp³-hybridized carbons (Fsp3) is 0.214. The summed E-state index contributed by atoms with van der Waals surface area (Å²) in [6.07, 6.45) is 2.19. The summed E-state index contributed by atoms with van der Waals surface area (Å²) in [7, 11) is -4.06. The van der Waals surface area contributed by atoms with Crippen LogP contribution < -0.4 is 10.3 Å². The average molecular weight is 551 g/mol. The van der Waals surface area contributed by atoms with E-state index in [1.807, 2.05) is 56.4 Å². The SMILES string of the molecule is CC(C)CC(C(=O)NNS(=O)(=O)c1ccc(Cl)cc1)N1C(=O)c2ccccc2C1c1c[nH]c2ccccc12. The summed E-state index contributed by atoms with van der Waals surface area (Å²) < 4.78 is 25.6. The zero-order valence-corrected chi connectivity index (χ0v) is 22.4. The number of para-hydroxylation sites is 1. The summed E-state index contributed by atoms with van der Waals surface area (Å²) in [4.78, 5) is 34.4. The molecule has 2 unspecified atom stereocenters. The van der Waals surface area contributed by atoms with Gasteiger partial charge in [0.1, 0.15) is 6.04 Å². The molecule has 2 atom stereocenters. The lowest BCUT2D eigenvalue weighted by atomic mass is 9.95. The van der Waals surface area contributed by atoms with Crippen LogP contribution in [0.4, 0.5) is 0 Å². The molecule has 1 aromatic heterocycles. The van der Waals surface area contributed by atoms with E-state index in [2.05, 4.69) is 15.2 Å². The van der Waals surface area contributed by atoms with Crippen LogP contribution in [0.3, 0.4) is 0 Å². The van der Waals surface area contributed by atoms with Crippen LogP contribution in [0.5, 0.6) is 0 Å². The summed E-state index contributed by atoms with van der Waals surface area (Å²) in [5.74, 6) is -0.863. The van der Waals surface area contributed by atoms with Crippen LogP contribution >= 0.6 is 11.6 Å². The number of benzene rings is 3. The minimum absolute atomic E-state index is 0.0405. The van der Waals surface area contributed by atoms with Crippen LogP contribution in [0, 0.1) is 5.92 Å². The molecular weight excluding hydrogens is 524 g/mol. The van der Waals surface area contributed by atoms with Gasteiger partial charge in [-0.2, -0.15) is 0 Å². The number of rotatable bonds is 8. The zero-order valence-electron chi connectivity index (χ0n) is 20.8. The molecule has 0 fully saturated rings. The number of carbonyl (C=O) groups excluding carboxylic acids is 2. The van der Waals surface area contributed by atoms with E-state index in [4.69, 9.17) is 11.6 Å². The molecule has 8 nitrogen and oxygen atoms in total. The number of sulfonamides is 1. The van der Waals surface area contributed by atoms with E-state index < -0.39 is 28.0 Å². The van der Waals surface area contributed by atoms with Crippen LogP contribution in [0.25, 0.3) is 10.9 Å². The molecular formula is C28H27ClN4O4S. The molecule has 3 N–H and O–H groups in total. The third-order valence-electron chi connectivity index (χ3n) is 6.68. The highest BCUT2D eigenvalue weighted by Crippen LogP contribution is 2.43. The number of aromatic amines is 1. The van der Waals surface area contributed by atoms with Crippen LogP contribution in [-0.4, -0.2) is 36.2 Å². The topological polar surface area (TPSA) is 111 Å². The van der Waals surface area contributed by atoms with Crippen molar-refractivity contribution in [1.29, 1.82) is 0 Å². The van der Waals surface area contributed by atoms with Gasteiger partial charge in [0.15, 0.2) is 0 Å². The second-order valence-electron chi connectivity index (χ2n) is 9.69. The first-order valence-electron chi connectivity index (χ1n) is 12.2. The van der Waals surface area contributed by atoms with E-state index in [1.54, 1.807) is 17.0 Å². The largest absolute Gasteiger partial charge is 0.361 e. The number of nitrogens with one attached hydrogen (secondary N) is 3. The Morgan fingerprint density at radius 3 is 2.42 bits per heavy atom. The molecule has 0 aliphatic carbocycles. The molecule has 38 heavy (non-hydrogen) atoms. The maximum Gasteiger partial charge on any atom is 0.257 e. The van der Waals surface area contributed by atoms with Crippen molar-refractivity contribution in [3.05, 3.63) is 101 Å². The number of hydrogen-bond acceptors (Lipinski definition) is 4. The number of hydrogen-bond donors (Lipinski definition) is 3. The summed E-state index contributed by atoms with van der Waals surface area (Å²) in [6.45, 7) is 3.90. The Kier molecular flexibility index (Phi) is 7.00. The molecule has 4 aromatic rings. The third kappa shape index (κ3) is 4.80. The first-order chi connectivity index (χ1) is 18.2. The van der Waals surface area contributed by atoms with E-state index in [0.29, 0.717) is 17.0 Å². The van der Waals surface area contributed by atoms with Crippen molar-refractivity contribution < 1.29 is 18.0 Å². The highest BCUT2D eigenvalue weighted by atomic mass is 35.5. The van der Waals surface area contributed by atoms with Gasteiger partial charge in [-0.15, -0.1) is 4.83 Å². The maximum absolute atomic E-state index is 13.8. The summed E-state index contributed by atoms with van der Waals surface area (Å²) >= 11 is 5.87. The van der Waals surface area contributed by atoms with E-state index in [1.165, 1.54) is 24.3 Å². The van der Waals surface area contributed by atoms with Crippen LogP contribution in [-0.2, 0) is 14.8 Å². The van der Waals surface area contributed by atoms with Gasteiger partial charge in [0.05, 0.1) is 10.9 Å². The summed E-state index contributed by atoms with van der Waals surface area (Å²) in [5, 5.41) is 1.33.